The lowest BCUT2D eigenvalue weighted by atomic mass is 10.0. The van der Waals surface area contributed by atoms with Crippen LogP contribution in [0, 0.1) is 5.41 Å². The van der Waals surface area contributed by atoms with Crippen LogP contribution in [0.5, 0.6) is 11.5 Å². The Balaban J connectivity index is 1.65. The van der Waals surface area contributed by atoms with Crippen LogP contribution in [0.15, 0.2) is 36.4 Å². The van der Waals surface area contributed by atoms with Crippen LogP contribution in [-0.2, 0) is 9.59 Å². The van der Waals surface area contributed by atoms with Gasteiger partial charge in [-0.2, -0.15) is 0 Å². The van der Waals surface area contributed by atoms with Crippen LogP contribution in [0.4, 0.5) is 5.69 Å². The average Bonchev–Trinajstić information content (AvgIpc) is 3.17. The Morgan fingerprint density at radius 3 is 2.59 bits per heavy atom. The minimum atomic E-state index is -1.15. The normalized spacial score (nSPS) is 12.5. The molecule has 32 heavy (non-hydrogen) atoms. The first-order chi connectivity index (χ1) is 15.2. The average molecular weight is 462 g/mol. The number of nitrogens with one attached hydrogen (secondary N) is 4. The van der Waals surface area contributed by atoms with E-state index in [4.69, 9.17) is 32.2 Å². The number of carbonyl (C=O) groups is 3. The van der Waals surface area contributed by atoms with Crippen molar-refractivity contribution in [1.82, 2.24) is 10.6 Å². The zero-order valence-corrected chi connectivity index (χ0v) is 17.4. The lowest BCUT2D eigenvalue weighted by molar-refractivity contribution is -0.137. The summed E-state index contributed by atoms with van der Waals surface area (Å²) in [7, 11) is 0. The van der Waals surface area contributed by atoms with Crippen molar-refractivity contribution in [2.75, 3.05) is 18.7 Å². The molecule has 11 nitrogen and oxygen atoms in total. The number of carboxylic acids is 1. The zero-order valence-electron chi connectivity index (χ0n) is 16.6. The largest absolute Gasteiger partial charge is 0.481 e. The molecule has 0 bridgehead atoms. The maximum atomic E-state index is 12.4. The van der Waals surface area contributed by atoms with Crippen molar-refractivity contribution < 1.29 is 29.0 Å². The number of hydrogen-bond donors (Lipinski definition) is 6. The minimum absolute atomic E-state index is 0.0141. The molecule has 7 N–H and O–H groups in total. The summed E-state index contributed by atoms with van der Waals surface area (Å²) >= 11 is 6.25. The van der Waals surface area contributed by atoms with Gasteiger partial charge in [0.2, 0.25) is 12.7 Å². The van der Waals surface area contributed by atoms with E-state index in [9.17, 15) is 19.5 Å². The highest BCUT2D eigenvalue weighted by Crippen LogP contribution is 2.39. The standard InChI is InChI=1S/C20H20ClN5O6/c21-13-6-16-15(31-9-32-16)5-12(13)14(7-18(28)29)26-17(27)8-24-19(30)10-2-1-3-11(4-10)25-20(22)23/h1-6,14H,7-9H2,(H,24,30)(H,26,27)(H,28,29)(H4,22,23,25). The van der Waals surface area contributed by atoms with E-state index in [1.165, 1.54) is 24.3 Å². The van der Waals surface area contributed by atoms with E-state index in [1.807, 2.05) is 0 Å². The zero-order chi connectivity index (χ0) is 23.3. The van der Waals surface area contributed by atoms with Crippen LogP contribution < -0.4 is 31.2 Å². The third kappa shape index (κ3) is 5.79. The minimum Gasteiger partial charge on any atom is -0.481 e. The number of anilines is 1. The monoisotopic (exact) mass is 461 g/mol. The molecule has 168 valence electrons. The van der Waals surface area contributed by atoms with Crippen LogP contribution in [0.1, 0.15) is 28.4 Å². The third-order valence-electron chi connectivity index (χ3n) is 4.39. The molecule has 0 saturated heterocycles. The predicted molar refractivity (Wildman–Crippen MR) is 115 cm³/mol. The number of fused-ring (bicyclic) bond motifs is 1. The highest BCUT2D eigenvalue weighted by Gasteiger charge is 2.25. The number of amides is 2. The Morgan fingerprint density at radius 1 is 1.19 bits per heavy atom. The highest BCUT2D eigenvalue weighted by molar-refractivity contribution is 6.31. The number of nitrogens with two attached hydrogens (primary N) is 1. The smallest absolute Gasteiger partial charge is 0.305 e. The number of carbonyl (C=O) groups excluding carboxylic acids is 2. The molecule has 0 aliphatic carbocycles. The Morgan fingerprint density at radius 2 is 1.91 bits per heavy atom. The first kappa shape index (κ1) is 22.7. The molecule has 0 fully saturated rings. The molecule has 1 unspecified atom stereocenters. The van der Waals surface area contributed by atoms with Crippen molar-refractivity contribution in [2.45, 2.75) is 12.5 Å². The molecule has 12 heteroatoms. The number of carboxylic acid groups (broad SMARTS) is 1. The molecule has 1 aliphatic heterocycles. The summed E-state index contributed by atoms with van der Waals surface area (Å²) in [5, 5.41) is 24.3. The molecule has 0 radical (unpaired) electrons. The van der Waals surface area contributed by atoms with Gasteiger partial charge in [-0.25, -0.2) is 0 Å². The number of rotatable bonds is 8. The first-order valence-electron chi connectivity index (χ1n) is 9.32. The second-order valence-electron chi connectivity index (χ2n) is 6.75. The Bertz CT molecular complexity index is 1080. The van der Waals surface area contributed by atoms with Crippen LogP contribution in [0.25, 0.3) is 0 Å². The Hall–Kier alpha value is -3.99. The molecule has 1 atom stereocenters. The fourth-order valence-corrected chi connectivity index (χ4v) is 3.30. The number of guanidine groups is 1. The van der Waals surface area contributed by atoms with E-state index in [2.05, 4.69) is 16.0 Å². The first-order valence-corrected chi connectivity index (χ1v) is 9.70. The highest BCUT2D eigenvalue weighted by atomic mass is 35.5. The predicted octanol–water partition coefficient (Wildman–Crippen LogP) is 1.44. The molecule has 1 heterocycles. The van der Waals surface area contributed by atoms with Gasteiger partial charge < -0.3 is 36.3 Å². The van der Waals surface area contributed by atoms with Gasteiger partial charge >= 0.3 is 5.97 Å². The number of benzene rings is 2. The Kier molecular flexibility index (Phi) is 7.00. The Labute approximate surface area is 187 Å². The molecule has 2 aromatic carbocycles. The number of hydrogen-bond acceptors (Lipinski definition) is 6. The van der Waals surface area contributed by atoms with E-state index in [1.54, 1.807) is 12.1 Å². The van der Waals surface area contributed by atoms with Gasteiger partial charge in [-0.1, -0.05) is 17.7 Å². The van der Waals surface area contributed by atoms with Crippen molar-refractivity contribution >= 4 is 41.0 Å². The summed E-state index contributed by atoms with van der Waals surface area (Å²) in [6.07, 6.45) is -0.433. The lowest BCUT2D eigenvalue weighted by Crippen LogP contribution is -2.39. The second kappa shape index (κ2) is 9.88. The van der Waals surface area contributed by atoms with E-state index >= 15 is 0 Å². The quantitative estimate of drug-likeness (QED) is 0.252. The summed E-state index contributed by atoms with van der Waals surface area (Å²) in [4.78, 5) is 36.1. The van der Waals surface area contributed by atoms with Crippen LogP contribution in [0.3, 0.4) is 0 Å². The van der Waals surface area contributed by atoms with Gasteiger partial charge in [-0.05, 0) is 29.8 Å². The molecule has 1 aliphatic rings. The topological polar surface area (TPSA) is 176 Å². The lowest BCUT2D eigenvalue weighted by Gasteiger charge is -2.19. The number of aliphatic carboxylic acids is 1. The van der Waals surface area contributed by atoms with Crippen LogP contribution in [0.2, 0.25) is 5.02 Å². The maximum absolute atomic E-state index is 12.4. The fourth-order valence-electron chi connectivity index (χ4n) is 3.01. The van der Waals surface area contributed by atoms with E-state index in [0.717, 1.165) is 0 Å². The number of halogens is 1. The van der Waals surface area contributed by atoms with Crippen LogP contribution >= 0.6 is 11.6 Å². The summed E-state index contributed by atoms with van der Waals surface area (Å²) in [6, 6.07) is 8.25. The molecule has 2 amide bonds. The fraction of sp³-hybridized carbons (Fsp3) is 0.200. The van der Waals surface area contributed by atoms with Crippen molar-refractivity contribution in [1.29, 1.82) is 5.41 Å². The van der Waals surface area contributed by atoms with Crippen molar-refractivity contribution in [3.05, 3.63) is 52.5 Å². The number of ether oxygens (including phenoxy) is 2. The summed E-state index contributed by atoms with van der Waals surface area (Å²) in [5.74, 6) is -1.77. The van der Waals surface area contributed by atoms with Gasteiger partial charge in [-0.3, -0.25) is 19.8 Å². The van der Waals surface area contributed by atoms with Crippen molar-refractivity contribution in [3.63, 3.8) is 0 Å². The van der Waals surface area contributed by atoms with Gasteiger partial charge in [0.15, 0.2) is 17.5 Å². The van der Waals surface area contributed by atoms with Crippen molar-refractivity contribution in [3.8, 4) is 11.5 Å². The van der Waals surface area contributed by atoms with Crippen molar-refractivity contribution in [2.24, 2.45) is 5.73 Å². The molecule has 3 rings (SSSR count). The molecule has 0 aromatic heterocycles. The summed E-state index contributed by atoms with van der Waals surface area (Å²) in [5.41, 5.74) is 6.30. The van der Waals surface area contributed by atoms with E-state index < -0.39 is 36.8 Å². The van der Waals surface area contributed by atoms with Crippen LogP contribution in [-0.4, -0.2) is 42.2 Å². The molecule has 0 spiro atoms. The van der Waals surface area contributed by atoms with Gasteiger partial charge in [-0.15, -0.1) is 0 Å². The molecular formula is C20H20ClN5O6. The maximum Gasteiger partial charge on any atom is 0.305 e. The van der Waals surface area contributed by atoms with E-state index in [-0.39, 0.29) is 23.3 Å². The SMILES string of the molecule is N=C(N)Nc1cccc(C(=O)NCC(=O)NC(CC(=O)O)c2cc3c(cc2Cl)OCO3)c1. The van der Waals surface area contributed by atoms with Gasteiger partial charge in [0.25, 0.3) is 5.91 Å². The van der Waals surface area contributed by atoms with Gasteiger partial charge in [0, 0.05) is 22.3 Å². The summed E-state index contributed by atoms with van der Waals surface area (Å²) in [6.45, 7) is -0.387. The molecule has 2 aromatic rings. The van der Waals surface area contributed by atoms with E-state index in [0.29, 0.717) is 22.7 Å². The van der Waals surface area contributed by atoms with Gasteiger partial charge in [0.05, 0.1) is 19.0 Å². The molecular weight excluding hydrogens is 442 g/mol. The second-order valence-corrected chi connectivity index (χ2v) is 7.15. The third-order valence-corrected chi connectivity index (χ3v) is 4.72. The van der Waals surface area contributed by atoms with Gasteiger partial charge in [0.1, 0.15) is 0 Å². The summed E-state index contributed by atoms with van der Waals surface area (Å²) < 4.78 is 10.5. The molecule has 0 saturated carbocycles.